The lowest BCUT2D eigenvalue weighted by Crippen LogP contribution is -2.42. The maximum Gasteiger partial charge on any atom is 0.241 e. The van der Waals surface area contributed by atoms with Crippen LogP contribution >= 0.6 is 0 Å². The van der Waals surface area contributed by atoms with Gasteiger partial charge < -0.3 is 0 Å². The van der Waals surface area contributed by atoms with Crippen molar-refractivity contribution in [3.63, 3.8) is 0 Å². The van der Waals surface area contributed by atoms with Gasteiger partial charge in [-0.15, -0.1) is 0 Å². The van der Waals surface area contributed by atoms with Crippen LogP contribution in [0.2, 0.25) is 0 Å². The van der Waals surface area contributed by atoms with Crippen LogP contribution < -0.4 is 4.57 Å². The van der Waals surface area contributed by atoms with Crippen LogP contribution in [0.5, 0.6) is 0 Å². The molecule has 2 heteroatoms. The molecule has 0 aliphatic rings. The van der Waals surface area contributed by atoms with E-state index in [-0.39, 0.29) is 0 Å². The molecule has 2 atom stereocenters. The first-order valence-corrected chi connectivity index (χ1v) is 11.4. The van der Waals surface area contributed by atoms with Gasteiger partial charge in [-0.2, -0.15) is 0 Å². The van der Waals surface area contributed by atoms with E-state index in [0.717, 1.165) is 0 Å². The minimum absolute atomic E-state index is 0.610. The molecule has 150 valence electrons. The number of aromatic nitrogens is 2. The molecule has 0 saturated heterocycles. The normalized spacial score (nSPS) is 13.6. The molecule has 1 N–H and O–H groups in total. The first kappa shape index (κ1) is 21.7. The molecule has 0 radical (unpaired) electrons. The molecule has 1 aromatic carbocycles. The van der Waals surface area contributed by atoms with Crippen molar-refractivity contribution >= 4 is 0 Å². The number of aromatic amines is 1. The van der Waals surface area contributed by atoms with E-state index in [1.54, 1.807) is 0 Å². The minimum Gasteiger partial charge on any atom is -0.250 e. The van der Waals surface area contributed by atoms with Gasteiger partial charge in [0.05, 0.1) is 0 Å². The Balaban J connectivity index is 1.95. The second-order valence-corrected chi connectivity index (χ2v) is 8.13. The van der Waals surface area contributed by atoms with E-state index in [4.69, 9.17) is 0 Å². The maximum absolute atomic E-state index is 3.27. The van der Waals surface area contributed by atoms with Crippen molar-refractivity contribution in [3.8, 4) is 0 Å². The highest BCUT2D eigenvalue weighted by molar-refractivity contribution is 5.15. The zero-order chi connectivity index (χ0) is 19.2. The average Bonchev–Trinajstić information content (AvgIpc) is 3.23. The fourth-order valence-electron chi connectivity index (χ4n) is 4.26. The summed E-state index contributed by atoms with van der Waals surface area (Å²) in [7, 11) is 0. The van der Waals surface area contributed by atoms with E-state index in [0.29, 0.717) is 12.0 Å². The van der Waals surface area contributed by atoms with Crippen molar-refractivity contribution < 1.29 is 4.57 Å². The highest BCUT2D eigenvalue weighted by atomic mass is 15.1. The van der Waals surface area contributed by atoms with Crippen LogP contribution in [-0.2, 0) is 6.42 Å². The monoisotopic (exact) mass is 369 g/mol. The van der Waals surface area contributed by atoms with Crippen LogP contribution in [0.25, 0.3) is 0 Å². The van der Waals surface area contributed by atoms with Crippen LogP contribution in [0.3, 0.4) is 0 Å². The molecule has 0 fully saturated rings. The fraction of sp³-hybridized carbons (Fsp3) is 0.640. The first-order chi connectivity index (χ1) is 13.3. The number of H-pyrrole nitrogens is 1. The average molecular weight is 370 g/mol. The molecule has 0 saturated carbocycles. The summed E-state index contributed by atoms with van der Waals surface area (Å²) in [6, 6.07) is 11.7. The molecular weight excluding hydrogens is 328 g/mol. The highest BCUT2D eigenvalue weighted by Gasteiger charge is 2.26. The standard InChI is InChI=1S/C25H40N2/c1-3-5-7-8-9-10-14-18-25(27-20-19-26-22-27)24(17-6-4-2)21-23-15-12-11-13-16-23/h11-13,15-16,19-20,22,24-25H,3-10,14,17-18,21H2,1-2H3/p+1. The SMILES string of the molecule is CCCCCCCCCC(C(CCCC)Cc1ccccc1)[n+]1cc[nH]c1. The number of hydrogen-bond donors (Lipinski definition) is 1. The Kier molecular flexibility index (Phi) is 10.9. The Morgan fingerprint density at radius 3 is 2.19 bits per heavy atom. The third-order valence-corrected chi connectivity index (χ3v) is 5.87. The highest BCUT2D eigenvalue weighted by Crippen LogP contribution is 2.28. The summed E-state index contributed by atoms with van der Waals surface area (Å²) in [4.78, 5) is 3.27. The first-order valence-electron chi connectivity index (χ1n) is 11.4. The van der Waals surface area contributed by atoms with Crippen LogP contribution in [-0.4, -0.2) is 4.98 Å². The summed E-state index contributed by atoms with van der Waals surface area (Å²) in [5.74, 6) is 0.716. The van der Waals surface area contributed by atoms with E-state index >= 15 is 0 Å². The van der Waals surface area contributed by atoms with E-state index < -0.39 is 0 Å². The molecule has 2 nitrogen and oxygen atoms in total. The van der Waals surface area contributed by atoms with Gasteiger partial charge in [0, 0.05) is 5.92 Å². The summed E-state index contributed by atoms with van der Waals surface area (Å²) < 4.78 is 2.44. The number of imidazole rings is 1. The van der Waals surface area contributed by atoms with Gasteiger partial charge in [-0.3, -0.25) is 4.98 Å². The largest absolute Gasteiger partial charge is 0.250 e. The molecule has 0 bridgehead atoms. The van der Waals surface area contributed by atoms with Crippen LogP contribution in [0.15, 0.2) is 49.1 Å². The Labute approximate surface area is 167 Å². The molecule has 0 aliphatic carbocycles. The Bertz CT molecular complexity index is 561. The van der Waals surface area contributed by atoms with Gasteiger partial charge in [-0.05, 0) is 31.2 Å². The van der Waals surface area contributed by atoms with Crippen molar-refractivity contribution in [3.05, 3.63) is 54.6 Å². The molecule has 0 spiro atoms. The molecule has 0 aliphatic heterocycles. The molecule has 2 rings (SSSR count). The topological polar surface area (TPSA) is 19.7 Å². The summed E-state index contributed by atoms with van der Waals surface area (Å²) in [6.07, 6.45) is 22.6. The van der Waals surface area contributed by atoms with Gasteiger partial charge >= 0.3 is 0 Å². The van der Waals surface area contributed by atoms with E-state index in [1.165, 1.54) is 82.6 Å². The van der Waals surface area contributed by atoms with E-state index in [2.05, 4.69) is 72.5 Å². The van der Waals surface area contributed by atoms with Crippen LogP contribution in [0.1, 0.15) is 96.1 Å². The molecule has 1 aromatic heterocycles. The van der Waals surface area contributed by atoms with Gasteiger partial charge in [0.15, 0.2) is 0 Å². The van der Waals surface area contributed by atoms with Gasteiger partial charge in [0.25, 0.3) is 0 Å². The predicted molar refractivity (Wildman–Crippen MR) is 116 cm³/mol. The smallest absolute Gasteiger partial charge is 0.241 e. The minimum atomic E-state index is 0.610. The molecule has 27 heavy (non-hydrogen) atoms. The zero-order valence-electron chi connectivity index (χ0n) is 17.7. The fourth-order valence-corrected chi connectivity index (χ4v) is 4.26. The summed E-state index contributed by atoms with van der Waals surface area (Å²) >= 11 is 0. The third kappa shape index (κ3) is 8.32. The van der Waals surface area contributed by atoms with E-state index in [1.807, 2.05) is 0 Å². The Hall–Kier alpha value is -1.57. The summed E-state index contributed by atoms with van der Waals surface area (Å²) in [6.45, 7) is 4.61. The molecular formula is C25H41N2+. The molecule has 2 aromatic rings. The van der Waals surface area contributed by atoms with Gasteiger partial charge in [0.2, 0.25) is 6.33 Å². The van der Waals surface area contributed by atoms with Crippen molar-refractivity contribution in [2.24, 2.45) is 5.92 Å². The Morgan fingerprint density at radius 1 is 0.815 bits per heavy atom. The second-order valence-electron chi connectivity index (χ2n) is 8.13. The lowest BCUT2D eigenvalue weighted by molar-refractivity contribution is -0.730. The summed E-state index contributed by atoms with van der Waals surface area (Å²) in [5, 5.41) is 0. The van der Waals surface area contributed by atoms with E-state index in [9.17, 15) is 0 Å². The number of hydrogen-bond acceptors (Lipinski definition) is 0. The quantitative estimate of drug-likeness (QED) is 0.257. The molecule has 0 amide bonds. The number of nitrogens with one attached hydrogen (secondary N) is 1. The molecule has 1 heterocycles. The molecule has 2 unspecified atom stereocenters. The number of nitrogens with zero attached hydrogens (tertiary/aromatic N) is 1. The third-order valence-electron chi connectivity index (χ3n) is 5.87. The van der Waals surface area contributed by atoms with Gasteiger partial charge in [-0.25, -0.2) is 4.57 Å². The number of benzene rings is 1. The van der Waals surface area contributed by atoms with Crippen molar-refractivity contribution in [1.82, 2.24) is 4.98 Å². The lowest BCUT2D eigenvalue weighted by atomic mass is 9.85. The van der Waals surface area contributed by atoms with Crippen molar-refractivity contribution in [2.45, 2.75) is 96.9 Å². The predicted octanol–water partition coefficient (Wildman–Crippen LogP) is 7.03. The van der Waals surface area contributed by atoms with Crippen molar-refractivity contribution in [1.29, 1.82) is 0 Å². The Morgan fingerprint density at radius 2 is 1.52 bits per heavy atom. The second kappa shape index (κ2) is 13.6. The summed E-state index contributed by atoms with van der Waals surface area (Å²) in [5.41, 5.74) is 1.49. The lowest BCUT2D eigenvalue weighted by Gasteiger charge is -2.25. The number of rotatable bonds is 15. The van der Waals surface area contributed by atoms with Crippen LogP contribution in [0, 0.1) is 5.92 Å². The zero-order valence-corrected chi connectivity index (χ0v) is 17.7. The number of unbranched alkanes of at least 4 members (excludes halogenated alkanes) is 7. The van der Waals surface area contributed by atoms with Crippen LogP contribution in [0.4, 0.5) is 0 Å². The van der Waals surface area contributed by atoms with Crippen molar-refractivity contribution in [2.75, 3.05) is 0 Å². The van der Waals surface area contributed by atoms with Gasteiger partial charge in [0.1, 0.15) is 18.4 Å². The maximum atomic E-state index is 3.27. The van der Waals surface area contributed by atoms with Gasteiger partial charge in [-0.1, -0.05) is 95.5 Å².